The molecule has 4 heterocycles. The van der Waals surface area contributed by atoms with E-state index in [2.05, 4.69) is 413 Å². The number of nitrogens with zero attached hydrogens (tertiary/aromatic N) is 4. The summed E-state index contributed by atoms with van der Waals surface area (Å²) in [6.07, 6.45) is 0. The van der Waals surface area contributed by atoms with E-state index in [1.165, 1.54) is 91.4 Å². The molecular weight excluding hydrogens is 1320 g/mol. The van der Waals surface area contributed by atoms with E-state index in [1.807, 2.05) is 23.5 Å². The highest BCUT2D eigenvalue weighted by Gasteiger charge is 2.48. The fourth-order valence-electron chi connectivity index (χ4n) is 16.7. The highest BCUT2D eigenvalue weighted by molar-refractivity contribution is 8.01. The molecule has 19 rings (SSSR count). The van der Waals surface area contributed by atoms with Gasteiger partial charge in [0, 0.05) is 87.6 Å². The van der Waals surface area contributed by atoms with Crippen molar-refractivity contribution in [1.82, 2.24) is 0 Å². The first-order chi connectivity index (χ1) is 51.8. The zero-order valence-electron chi connectivity index (χ0n) is 60.2. The van der Waals surface area contributed by atoms with Crippen LogP contribution in [0.5, 0.6) is 0 Å². The maximum atomic E-state index is 2.72. The van der Waals surface area contributed by atoms with Gasteiger partial charge in [-0.2, -0.15) is 0 Å². The summed E-state index contributed by atoms with van der Waals surface area (Å²) in [5, 5.41) is 0. The molecule has 106 heavy (non-hydrogen) atoms. The maximum absolute atomic E-state index is 2.72. The number of hydrogen-bond donors (Lipinski definition) is 0. The molecule has 4 nitrogen and oxygen atoms in total. The van der Waals surface area contributed by atoms with Gasteiger partial charge in [-0.3, -0.25) is 0 Å². The van der Waals surface area contributed by atoms with Gasteiger partial charge in [0.15, 0.2) is 0 Å². The Balaban J connectivity index is 0.897. The Morgan fingerprint density at radius 3 is 1.18 bits per heavy atom. The topological polar surface area (TPSA) is 13.0 Å². The molecule has 15 aromatic carbocycles. The first-order valence-electron chi connectivity index (χ1n) is 36.9. The summed E-state index contributed by atoms with van der Waals surface area (Å²) in [6, 6.07) is 132. The van der Waals surface area contributed by atoms with Gasteiger partial charge in [0.25, 0.3) is 6.71 Å². The van der Waals surface area contributed by atoms with Crippen molar-refractivity contribution in [3.05, 3.63) is 363 Å². The predicted octanol–water partition coefficient (Wildman–Crippen LogP) is 23.4. The van der Waals surface area contributed by atoms with E-state index in [0.717, 1.165) is 84.8 Å². The van der Waals surface area contributed by atoms with Crippen LogP contribution in [0.4, 0.5) is 68.2 Å². The van der Waals surface area contributed by atoms with Gasteiger partial charge < -0.3 is 19.6 Å². The van der Waals surface area contributed by atoms with Crippen molar-refractivity contribution in [3.63, 3.8) is 0 Å². The molecule has 0 unspecified atom stereocenters. The van der Waals surface area contributed by atoms with Crippen LogP contribution >= 0.6 is 23.5 Å². The standard InChI is InChI=1S/C98H76B2N4S2/c1-97(2,3)71-51-43-69(44-52-71)80-37-26-38-81(70-45-53-72(54-46-70)98(4,5)6)96(80)104-87-64-91-85(63-84(87)99-82-39-22-24-41-86(82)103(75-35-20-11-21-36-75)88-59-78(60-89(104)94(88)99)101(73-31-16-9-17-32-73)74-33-18-10-19-34-74)100-83-40-23-25-42-90(83)105-92-61-79(62-93(106-91)95(92)100)102(76-55-47-67(48-56-76)65-27-12-7-13-28-65)77-57-49-68(50-58-77)66-29-14-8-15-30-66/h7-64H,1-6H3. The molecule has 0 atom stereocenters. The summed E-state index contributed by atoms with van der Waals surface area (Å²) in [7, 11) is 0. The molecule has 0 aliphatic carbocycles. The molecule has 0 saturated heterocycles. The Morgan fingerprint density at radius 1 is 0.255 bits per heavy atom. The zero-order valence-corrected chi connectivity index (χ0v) is 61.9. The number of hydrogen-bond acceptors (Lipinski definition) is 6. The van der Waals surface area contributed by atoms with Gasteiger partial charge in [-0.15, -0.1) is 0 Å². The Bertz CT molecular complexity index is 5650. The van der Waals surface area contributed by atoms with E-state index in [1.54, 1.807) is 0 Å². The third-order valence-electron chi connectivity index (χ3n) is 21.9. The van der Waals surface area contributed by atoms with Gasteiger partial charge in [0.05, 0.1) is 11.4 Å². The molecule has 0 amide bonds. The van der Waals surface area contributed by atoms with Crippen molar-refractivity contribution >= 4 is 138 Å². The average Bonchev–Trinajstić information content (AvgIpc) is 0.683. The summed E-state index contributed by atoms with van der Waals surface area (Å²) in [4.78, 5) is 15.3. The van der Waals surface area contributed by atoms with Gasteiger partial charge >= 0.3 is 0 Å². The number of anilines is 12. The van der Waals surface area contributed by atoms with Gasteiger partial charge in [-0.1, -0.05) is 325 Å². The molecule has 15 aromatic rings. The van der Waals surface area contributed by atoms with Gasteiger partial charge in [0.2, 0.25) is 6.71 Å². The fraction of sp³-hybridized carbons (Fsp3) is 0.0816. The van der Waals surface area contributed by atoms with Crippen LogP contribution in [-0.2, 0) is 10.8 Å². The first-order valence-corrected chi connectivity index (χ1v) is 38.6. The third kappa shape index (κ3) is 11.4. The molecule has 0 bridgehead atoms. The molecule has 8 heteroatoms. The van der Waals surface area contributed by atoms with Crippen LogP contribution in [0.15, 0.2) is 371 Å². The van der Waals surface area contributed by atoms with Crippen molar-refractivity contribution in [3.8, 4) is 44.5 Å². The molecule has 0 N–H and O–H groups in total. The van der Waals surface area contributed by atoms with Crippen molar-refractivity contribution in [1.29, 1.82) is 0 Å². The summed E-state index contributed by atoms with van der Waals surface area (Å²) in [5.41, 5.74) is 33.0. The summed E-state index contributed by atoms with van der Waals surface area (Å²) in [6.45, 7) is 13.6. The lowest BCUT2D eigenvalue weighted by Crippen LogP contribution is -2.64. The molecule has 0 radical (unpaired) electrons. The van der Waals surface area contributed by atoms with Crippen LogP contribution in [-0.4, -0.2) is 13.4 Å². The second-order valence-electron chi connectivity index (χ2n) is 30.4. The summed E-state index contributed by atoms with van der Waals surface area (Å²) >= 11 is 3.85. The van der Waals surface area contributed by atoms with Crippen molar-refractivity contribution in [2.24, 2.45) is 0 Å². The minimum Gasteiger partial charge on any atom is -0.311 e. The van der Waals surface area contributed by atoms with E-state index >= 15 is 0 Å². The molecule has 0 fully saturated rings. The van der Waals surface area contributed by atoms with Crippen molar-refractivity contribution in [2.45, 2.75) is 72.0 Å². The second kappa shape index (κ2) is 26.2. The zero-order chi connectivity index (χ0) is 71.4. The third-order valence-corrected chi connectivity index (χ3v) is 24.1. The highest BCUT2D eigenvalue weighted by atomic mass is 32.2. The smallest absolute Gasteiger partial charge is 0.252 e. The summed E-state index contributed by atoms with van der Waals surface area (Å²) in [5.74, 6) is 0. The second-order valence-corrected chi connectivity index (χ2v) is 32.6. The van der Waals surface area contributed by atoms with Crippen LogP contribution in [0.25, 0.3) is 44.5 Å². The lowest BCUT2D eigenvalue weighted by Gasteiger charge is -2.46. The van der Waals surface area contributed by atoms with E-state index in [4.69, 9.17) is 0 Å². The number of para-hydroxylation sites is 5. The van der Waals surface area contributed by atoms with Crippen molar-refractivity contribution in [2.75, 3.05) is 19.6 Å². The van der Waals surface area contributed by atoms with E-state index in [0.29, 0.717) is 0 Å². The molecule has 0 aromatic heterocycles. The minimum atomic E-state index is -0.182. The van der Waals surface area contributed by atoms with E-state index in [9.17, 15) is 0 Å². The van der Waals surface area contributed by atoms with Gasteiger partial charge in [-0.05, 0) is 180 Å². The van der Waals surface area contributed by atoms with E-state index in [-0.39, 0.29) is 24.3 Å². The molecular formula is C98H76B2N4S2. The van der Waals surface area contributed by atoms with Gasteiger partial charge in [0.1, 0.15) is 0 Å². The monoisotopic (exact) mass is 1390 g/mol. The molecule has 4 aliphatic heterocycles. The SMILES string of the molecule is CC(C)(C)c1ccc(-c2cccc(-c3ccc(C(C)(C)C)cc3)c2N2c3cc4c(cc3B3c5ccccc5N(c5ccccc5)c5cc(N(c6ccccc6)c6ccccc6)cc2c53)B2c3ccccc3Sc3cc(N(c5ccc(-c6ccccc6)cc5)c5ccc(-c6ccccc6)cc5)cc(c32)S4)cc1. The Labute approximate surface area is 632 Å². The number of benzene rings is 15. The molecule has 4 aliphatic rings. The Morgan fingerprint density at radius 2 is 0.660 bits per heavy atom. The van der Waals surface area contributed by atoms with Crippen molar-refractivity contribution < 1.29 is 0 Å². The average molecular weight is 1400 g/mol. The Kier molecular flexibility index (Phi) is 16.1. The quantitative estimate of drug-likeness (QED) is 0.112. The lowest BCUT2D eigenvalue weighted by molar-refractivity contribution is 0.590. The molecule has 506 valence electrons. The minimum absolute atomic E-state index is 0.0440. The molecule has 0 saturated carbocycles. The van der Waals surface area contributed by atoms with Crippen LogP contribution in [0.3, 0.4) is 0 Å². The highest BCUT2D eigenvalue weighted by Crippen LogP contribution is 2.54. The van der Waals surface area contributed by atoms with Crippen LogP contribution in [0, 0.1) is 0 Å². The fourth-order valence-corrected chi connectivity index (χ4v) is 19.2. The first kappa shape index (κ1) is 65.1. The Hall–Kier alpha value is -11.7. The number of rotatable bonds is 12. The maximum Gasteiger partial charge on any atom is 0.252 e. The normalized spacial score (nSPS) is 13.0. The molecule has 0 spiro atoms. The van der Waals surface area contributed by atoms with Crippen LogP contribution in [0.1, 0.15) is 52.7 Å². The summed E-state index contributed by atoms with van der Waals surface area (Å²) < 4.78 is 0. The van der Waals surface area contributed by atoms with Gasteiger partial charge in [-0.25, -0.2) is 0 Å². The number of fused-ring (bicyclic) bond motifs is 8. The lowest BCUT2D eigenvalue weighted by atomic mass is 9.31. The van der Waals surface area contributed by atoms with Crippen LogP contribution < -0.4 is 52.4 Å². The predicted molar refractivity (Wildman–Crippen MR) is 455 cm³/mol. The largest absolute Gasteiger partial charge is 0.311 e. The van der Waals surface area contributed by atoms with E-state index < -0.39 is 0 Å². The van der Waals surface area contributed by atoms with Crippen LogP contribution in [0.2, 0.25) is 0 Å².